The molecule has 0 aromatic heterocycles. The van der Waals surface area contributed by atoms with Crippen LogP contribution in [0.25, 0.3) is 0 Å². The van der Waals surface area contributed by atoms with E-state index in [1.807, 2.05) is 0 Å². The van der Waals surface area contributed by atoms with Crippen molar-refractivity contribution in [3.05, 3.63) is 29.8 Å². The lowest BCUT2D eigenvalue weighted by atomic mass is 10.0. The van der Waals surface area contributed by atoms with E-state index < -0.39 is 11.6 Å². The van der Waals surface area contributed by atoms with Crippen LogP contribution >= 0.6 is 0 Å². The molecule has 3 heteroatoms. The summed E-state index contributed by atoms with van der Waals surface area (Å²) in [7, 11) is 0. The van der Waals surface area contributed by atoms with Gasteiger partial charge < -0.3 is 5.32 Å². The largest absolute Gasteiger partial charge is 0.380 e. The van der Waals surface area contributed by atoms with Gasteiger partial charge in [0.05, 0.1) is 5.69 Å². The number of rotatable bonds is 3. The highest BCUT2D eigenvalue weighted by molar-refractivity contribution is 5.45. The van der Waals surface area contributed by atoms with Crippen LogP contribution in [0.4, 0.5) is 14.5 Å². The SMILES string of the molecule is CCC1CCCC1Nc1ccc(F)cc1F. The Kier molecular flexibility index (Phi) is 3.42. The topological polar surface area (TPSA) is 12.0 Å². The Labute approximate surface area is 94.9 Å². The molecular formula is C13H17F2N. The van der Waals surface area contributed by atoms with Gasteiger partial charge in [0, 0.05) is 12.1 Å². The van der Waals surface area contributed by atoms with Gasteiger partial charge in [-0.15, -0.1) is 0 Å². The van der Waals surface area contributed by atoms with E-state index in [4.69, 9.17) is 0 Å². The van der Waals surface area contributed by atoms with Gasteiger partial charge in [0.15, 0.2) is 0 Å². The monoisotopic (exact) mass is 225 g/mol. The maximum absolute atomic E-state index is 13.4. The molecule has 2 unspecified atom stereocenters. The summed E-state index contributed by atoms with van der Waals surface area (Å²) < 4.78 is 26.2. The van der Waals surface area contributed by atoms with Crippen molar-refractivity contribution in [3.8, 4) is 0 Å². The van der Waals surface area contributed by atoms with Crippen molar-refractivity contribution in [2.75, 3.05) is 5.32 Å². The van der Waals surface area contributed by atoms with Gasteiger partial charge in [-0.3, -0.25) is 0 Å². The fourth-order valence-electron chi connectivity index (χ4n) is 2.52. The summed E-state index contributed by atoms with van der Waals surface area (Å²) >= 11 is 0. The zero-order chi connectivity index (χ0) is 11.5. The zero-order valence-electron chi connectivity index (χ0n) is 9.47. The fourth-order valence-corrected chi connectivity index (χ4v) is 2.52. The summed E-state index contributed by atoms with van der Waals surface area (Å²) in [5.74, 6) is -0.410. The average Bonchev–Trinajstić information content (AvgIpc) is 2.69. The molecule has 1 nitrogen and oxygen atoms in total. The zero-order valence-corrected chi connectivity index (χ0v) is 9.47. The Morgan fingerprint density at radius 2 is 2.12 bits per heavy atom. The highest BCUT2D eigenvalue weighted by atomic mass is 19.1. The van der Waals surface area contributed by atoms with Gasteiger partial charge in [-0.1, -0.05) is 19.8 Å². The van der Waals surface area contributed by atoms with Crippen LogP contribution in [0.1, 0.15) is 32.6 Å². The lowest BCUT2D eigenvalue weighted by molar-refractivity contribution is 0.486. The molecule has 0 saturated heterocycles. The Hall–Kier alpha value is -1.12. The normalized spacial score (nSPS) is 24.7. The van der Waals surface area contributed by atoms with Crippen LogP contribution in [0.5, 0.6) is 0 Å². The molecule has 0 spiro atoms. The Morgan fingerprint density at radius 3 is 2.81 bits per heavy atom. The van der Waals surface area contributed by atoms with Crippen molar-refractivity contribution in [2.45, 2.75) is 38.6 Å². The average molecular weight is 225 g/mol. The molecule has 88 valence electrons. The maximum atomic E-state index is 13.4. The Bertz CT molecular complexity index is 365. The van der Waals surface area contributed by atoms with Gasteiger partial charge >= 0.3 is 0 Å². The van der Waals surface area contributed by atoms with Crippen molar-refractivity contribution in [1.29, 1.82) is 0 Å². The number of hydrogen-bond donors (Lipinski definition) is 1. The third-order valence-corrected chi connectivity index (χ3v) is 3.46. The van der Waals surface area contributed by atoms with Crippen LogP contribution in [0, 0.1) is 17.6 Å². The first-order valence-corrected chi connectivity index (χ1v) is 5.92. The van der Waals surface area contributed by atoms with E-state index in [9.17, 15) is 8.78 Å². The number of halogens is 2. The molecule has 1 aromatic carbocycles. The van der Waals surface area contributed by atoms with E-state index in [-0.39, 0.29) is 0 Å². The highest BCUT2D eigenvalue weighted by Gasteiger charge is 2.26. The molecule has 1 fully saturated rings. The molecule has 1 saturated carbocycles. The predicted octanol–water partition coefficient (Wildman–Crippen LogP) is 3.96. The second kappa shape index (κ2) is 4.81. The molecule has 1 aromatic rings. The number of benzene rings is 1. The molecule has 2 rings (SSSR count). The van der Waals surface area contributed by atoms with Crippen LogP contribution in [0.2, 0.25) is 0 Å². The first kappa shape index (κ1) is 11.4. The second-order valence-corrected chi connectivity index (χ2v) is 4.47. The van der Waals surface area contributed by atoms with Crippen LogP contribution in [0.15, 0.2) is 18.2 Å². The van der Waals surface area contributed by atoms with Gasteiger partial charge in [-0.2, -0.15) is 0 Å². The van der Waals surface area contributed by atoms with Gasteiger partial charge in [0.25, 0.3) is 0 Å². The first-order valence-electron chi connectivity index (χ1n) is 5.92. The minimum absolute atomic E-state index is 0.338. The third kappa shape index (κ3) is 2.34. The second-order valence-electron chi connectivity index (χ2n) is 4.47. The summed E-state index contributed by atoms with van der Waals surface area (Å²) in [4.78, 5) is 0. The van der Waals surface area contributed by atoms with Crippen LogP contribution in [-0.2, 0) is 0 Å². The summed E-state index contributed by atoms with van der Waals surface area (Å²) in [6.07, 6.45) is 4.59. The first-order chi connectivity index (χ1) is 7.70. The standard InChI is InChI=1S/C13H17F2N/c1-2-9-4-3-5-12(9)16-13-7-6-10(14)8-11(13)15/h6-9,12,16H,2-5H2,1H3. The van der Waals surface area contributed by atoms with E-state index >= 15 is 0 Å². The van der Waals surface area contributed by atoms with E-state index in [0.29, 0.717) is 17.6 Å². The van der Waals surface area contributed by atoms with Crippen molar-refractivity contribution in [1.82, 2.24) is 0 Å². The van der Waals surface area contributed by atoms with Gasteiger partial charge in [-0.05, 0) is 30.9 Å². The summed E-state index contributed by atoms with van der Waals surface area (Å²) in [5.41, 5.74) is 0.423. The summed E-state index contributed by atoms with van der Waals surface area (Å²) in [5, 5.41) is 3.20. The lowest BCUT2D eigenvalue weighted by Crippen LogP contribution is -2.23. The maximum Gasteiger partial charge on any atom is 0.149 e. The molecule has 0 aliphatic heterocycles. The van der Waals surface area contributed by atoms with Gasteiger partial charge in [0.2, 0.25) is 0 Å². The third-order valence-electron chi connectivity index (χ3n) is 3.46. The molecule has 0 bridgehead atoms. The molecule has 2 atom stereocenters. The van der Waals surface area contributed by atoms with Crippen molar-refractivity contribution in [2.24, 2.45) is 5.92 Å². The molecule has 0 heterocycles. The van der Waals surface area contributed by atoms with E-state index in [2.05, 4.69) is 12.2 Å². The van der Waals surface area contributed by atoms with E-state index in [1.165, 1.54) is 25.0 Å². The van der Waals surface area contributed by atoms with E-state index in [0.717, 1.165) is 18.9 Å². The Balaban J connectivity index is 2.08. The predicted molar refractivity (Wildman–Crippen MR) is 61.4 cm³/mol. The summed E-state index contributed by atoms with van der Waals surface area (Å²) in [6.45, 7) is 2.16. The van der Waals surface area contributed by atoms with Crippen LogP contribution < -0.4 is 5.32 Å². The molecule has 1 N–H and O–H groups in total. The minimum atomic E-state index is -0.526. The van der Waals surface area contributed by atoms with Crippen molar-refractivity contribution < 1.29 is 8.78 Å². The van der Waals surface area contributed by atoms with Crippen molar-refractivity contribution >= 4 is 5.69 Å². The molecular weight excluding hydrogens is 208 g/mol. The molecule has 1 aliphatic rings. The number of hydrogen-bond acceptors (Lipinski definition) is 1. The Morgan fingerprint density at radius 1 is 1.31 bits per heavy atom. The van der Waals surface area contributed by atoms with Crippen molar-refractivity contribution in [3.63, 3.8) is 0 Å². The number of anilines is 1. The van der Waals surface area contributed by atoms with Gasteiger partial charge in [-0.25, -0.2) is 8.78 Å². The molecule has 0 radical (unpaired) electrons. The molecule has 1 aliphatic carbocycles. The molecule has 16 heavy (non-hydrogen) atoms. The quantitative estimate of drug-likeness (QED) is 0.821. The fraction of sp³-hybridized carbons (Fsp3) is 0.538. The van der Waals surface area contributed by atoms with E-state index in [1.54, 1.807) is 0 Å². The van der Waals surface area contributed by atoms with Gasteiger partial charge in [0.1, 0.15) is 11.6 Å². The van der Waals surface area contributed by atoms with Crippen LogP contribution in [0.3, 0.4) is 0 Å². The smallest absolute Gasteiger partial charge is 0.149 e. The van der Waals surface area contributed by atoms with Crippen LogP contribution in [-0.4, -0.2) is 6.04 Å². The highest BCUT2D eigenvalue weighted by Crippen LogP contribution is 2.31. The number of nitrogens with one attached hydrogen (secondary N) is 1. The summed E-state index contributed by atoms with van der Waals surface area (Å²) in [6, 6.07) is 4.04. The minimum Gasteiger partial charge on any atom is -0.380 e. The lowest BCUT2D eigenvalue weighted by Gasteiger charge is -2.21. The molecule has 0 amide bonds.